The zero-order chi connectivity index (χ0) is 18.8. The summed E-state index contributed by atoms with van der Waals surface area (Å²) in [5.41, 5.74) is 12.3. The van der Waals surface area contributed by atoms with Crippen LogP contribution < -0.4 is 0 Å². The Labute approximate surface area is 157 Å². The van der Waals surface area contributed by atoms with E-state index in [1.54, 1.807) is 0 Å². The molecular weight excluding hydrogens is 316 g/mol. The van der Waals surface area contributed by atoms with Crippen molar-refractivity contribution < 1.29 is 0 Å². The molecule has 0 bridgehead atoms. The maximum absolute atomic E-state index is 4.99. The van der Waals surface area contributed by atoms with Gasteiger partial charge in [-0.25, -0.2) is 9.97 Å². The second-order valence-corrected chi connectivity index (χ2v) is 6.49. The van der Waals surface area contributed by atoms with Gasteiger partial charge in [0, 0.05) is 24.0 Å². The molecule has 26 heavy (non-hydrogen) atoms. The van der Waals surface area contributed by atoms with Crippen molar-refractivity contribution in [2.24, 2.45) is 0 Å². The van der Waals surface area contributed by atoms with E-state index in [0.29, 0.717) is 0 Å². The van der Waals surface area contributed by atoms with Crippen LogP contribution in [0.15, 0.2) is 36.4 Å². The average molecular weight is 345 g/mol. The van der Waals surface area contributed by atoms with Gasteiger partial charge in [-0.05, 0) is 25.0 Å². The fourth-order valence-electron chi connectivity index (χ4n) is 3.74. The Bertz CT molecular complexity index is 875. The zero-order valence-electron chi connectivity index (χ0n) is 16.8. The SMILES string of the molecule is CC.CC.Cc1ccc2c(c1)Cc1nc3c(nc1-2)Cc1cc(C)ccc1-3. The Morgan fingerprint density at radius 1 is 0.615 bits per heavy atom. The largest absolute Gasteiger partial charge is 0.248 e. The number of fused-ring (bicyclic) bond motifs is 6. The number of hydrogen-bond donors (Lipinski definition) is 0. The van der Waals surface area contributed by atoms with Crippen LogP contribution in [0, 0.1) is 13.8 Å². The first-order valence-electron chi connectivity index (χ1n) is 9.78. The van der Waals surface area contributed by atoms with Crippen molar-refractivity contribution in [2.45, 2.75) is 54.4 Å². The molecule has 0 saturated carbocycles. The lowest BCUT2D eigenvalue weighted by Crippen LogP contribution is -1.96. The molecule has 2 heteroatoms. The van der Waals surface area contributed by atoms with E-state index in [2.05, 4.69) is 50.2 Å². The van der Waals surface area contributed by atoms with Gasteiger partial charge in [0.1, 0.15) is 0 Å². The van der Waals surface area contributed by atoms with Crippen LogP contribution in [-0.4, -0.2) is 9.97 Å². The van der Waals surface area contributed by atoms with E-state index in [1.807, 2.05) is 27.7 Å². The summed E-state index contributed by atoms with van der Waals surface area (Å²) < 4.78 is 0. The van der Waals surface area contributed by atoms with Gasteiger partial charge in [0.15, 0.2) is 0 Å². The highest BCUT2D eigenvalue weighted by molar-refractivity contribution is 5.78. The van der Waals surface area contributed by atoms with Crippen molar-refractivity contribution in [1.29, 1.82) is 0 Å². The van der Waals surface area contributed by atoms with E-state index in [-0.39, 0.29) is 0 Å². The molecule has 134 valence electrons. The highest BCUT2D eigenvalue weighted by atomic mass is 14.9. The summed E-state index contributed by atoms with van der Waals surface area (Å²) in [6.07, 6.45) is 1.82. The Balaban J connectivity index is 0.000000461. The molecule has 2 nitrogen and oxygen atoms in total. The van der Waals surface area contributed by atoms with Crippen LogP contribution in [0.1, 0.15) is 61.3 Å². The first-order chi connectivity index (χ1) is 12.7. The minimum Gasteiger partial charge on any atom is -0.248 e. The molecule has 0 saturated heterocycles. The fourth-order valence-corrected chi connectivity index (χ4v) is 3.74. The van der Waals surface area contributed by atoms with Gasteiger partial charge in [-0.1, -0.05) is 75.2 Å². The van der Waals surface area contributed by atoms with E-state index >= 15 is 0 Å². The minimum absolute atomic E-state index is 0.911. The Morgan fingerprint density at radius 3 is 1.38 bits per heavy atom. The summed E-state index contributed by atoms with van der Waals surface area (Å²) in [5.74, 6) is 0. The summed E-state index contributed by atoms with van der Waals surface area (Å²) >= 11 is 0. The third-order valence-corrected chi connectivity index (χ3v) is 4.79. The van der Waals surface area contributed by atoms with Crippen molar-refractivity contribution in [3.8, 4) is 22.5 Å². The summed E-state index contributed by atoms with van der Waals surface area (Å²) in [6.45, 7) is 12.3. The molecule has 0 spiro atoms. The molecule has 1 aromatic heterocycles. The normalized spacial score (nSPS) is 11.9. The fraction of sp³-hybridized carbons (Fsp3) is 0.333. The smallest absolute Gasteiger partial charge is 0.0927 e. The molecule has 0 N–H and O–H groups in total. The molecule has 0 unspecified atom stereocenters. The zero-order valence-corrected chi connectivity index (χ0v) is 16.8. The molecule has 2 aliphatic rings. The first kappa shape index (κ1) is 18.3. The second kappa shape index (κ2) is 7.41. The van der Waals surface area contributed by atoms with Crippen LogP contribution in [0.2, 0.25) is 0 Å². The van der Waals surface area contributed by atoms with Gasteiger partial charge in [-0.2, -0.15) is 0 Å². The van der Waals surface area contributed by atoms with Crippen LogP contribution in [0.5, 0.6) is 0 Å². The van der Waals surface area contributed by atoms with Gasteiger partial charge in [-0.3, -0.25) is 0 Å². The van der Waals surface area contributed by atoms with Crippen LogP contribution in [-0.2, 0) is 12.8 Å². The predicted octanol–water partition coefficient (Wildman–Crippen LogP) is 6.29. The van der Waals surface area contributed by atoms with Crippen LogP contribution >= 0.6 is 0 Å². The first-order valence-corrected chi connectivity index (χ1v) is 9.78. The van der Waals surface area contributed by atoms with Crippen molar-refractivity contribution in [2.75, 3.05) is 0 Å². The van der Waals surface area contributed by atoms with Crippen molar-refractivity contribution in [1.82, 2.24) is 9.97 Å². The number of rotatable bonds is 0. The summed E-state index contributed by atoms with van der Waals surface area (Å²) in [5, 5.41) is 0. The highest BCUT2D eigenvalue weighted by Crippen LogP contribution is 2.40. The quantitative estimate of drug-likeness (QED) is 0.330. The average Bonchev–Trinajstić information content (AvgIpc) is 3.19. The van der Waals surface area contributed by atoms with E-state index in [4.69, 9.17) is 9.97 Å². The topological polar surface area (TPSA) is 25.8 Å². The van der Waals surface area contributed by atoms with Crippen LogP contribution in [0.3, 0.4) is 0 Å². The van der Waals surface area contributed by atoms with E-state index in [0.717, 1.165) is 35.6 Å². The molecule has 3 aromatic rings. The number of aromatic nitrogens is 2. The number of aryl methyl sites for hydroxylation is 2. The van der Waals surface area contributed by atoms with Gasteiger partial charge in [-0.15, -0.1) is 0 Å². The lowest BCUT2D eigenvalue weighted by atomic mass is 10.1. The lowest BCUT2D eigenvalue weighted by Gasteiger charge is -2.04. The lowest BCUT2D eigenvalue weighted by molar-refractivity contribution is 1.04. The van der Waals surface area contributed by atoms with Crippen LogP contribution in [0.4, 0.5) is 0 Å². The number of benzene rings is 2. The maximum atomic E-state index is 4.99. The summed E-state index contributed by atoms with van der Waals surface area (Å²) in [6, 6.07) is 13.3. The molecule has 0 amide bonds. The molecule has 0 atom stereocenters. The van der Waals surface area contributed by atoms with E-state index < -0.39 is 0 Å². The van der Waals surface area contributed by atoms with Crippen LogP contribution in [0.25, 0.3) is 22.5 Å². The molecule has 2 aliphatic carbocycles. The highest BCUT2D eigenvalue weighted by Gasteiger charge is 2.28. The van der Waals surface area contributed by atoms with Gasteiger partial charge >= 0.3 is 0 Å². The van der Waals surface area contributed by atoms with Crippen molar-refractivity contribution >= 4 is 0 Å². The summed E-state index contributed by atoms with van der Waals surface area (Å²) in [7, 11) is 0. The third kappa shape index (κ3) is 2.94. The third-order valence-electron chi connectivity index (χ3n) is 4.79. The summed E-state index contributed by atoms with van der Waals surface area (Å²) in [4.78, 5) is 9.97. The molecule has 0 fully saturated rings. The van der Waals surface area contributed by atoms with E-state index in [1.165, 1.54) is 33.4 Å². The Morgan fingerprint density at radius 2 is 1.00 bits per heavy atom. The maximum Gasteiger partial charge on any atom is 0.0927 e. The monoisotopic (exact) mass is 344 g/mol. The number of nitrogens with zero attached hydrogens (tertiary/aromatic N) is 2. The predicted molar refractivity (Wildman–Crippen MR) is 111 cm³/mol. The second-order valence-electron chi connectivity index (χ2n) is 6.49. The van der Waals surface area contributed by atoms with Gasteiger partial charge < -0.3 is 0 Å². The van der Waals surface area contributed by atoms with E-state index in [9.17, 15) is 0 Å². The van der Waals surface area contributed by atoms with Gasteiger partial charge in [0.2, 0.25) is 0 Å². The Hall–Kier alpha value is -2.48. The number of hydrogen-bond acceptors (Lipinski definition) is 2. The molecule has 5 rings (SSSR count). The van der Waals surface area contributed by atoms with Gasteiger partial charge in [0.25, 0.3) is 0 Å². The molecule has 2 aromatic carbocycles. The Kier molecular flexibility index (Phi) is 5.22. The van der Waals surface area contributed by atoms with Crippen molar-refractivity contribution in [3.05, 3.63) is 70.0 Å². The molecular formula is C24H28N2. The minimum atomic E-state index is 0.911. The standard InChI is InChI=1S/C20H16N2.2C2H6/c1-11-3-5-15-13(7-11)9-17-19(15)22-18-10-14-8-12(2)4-6-16(14)20(18)21-17;2*1-2/h3-8H,9-10H2,1-2H3;2*1-2H3. The molecule has 0 radical (unpaired) electrons. The van der Waals surface area contributed by atoms with Gasteiger partial charge in [0.05, 0.1) is 22.8 Å². The van der Waals surface area contributed by atoms with Crippen molar-refractivity contribution in [3.63, 3.8) is 0 Å². The molecule has 1 heterocycles. The molecule has 0 aliphatic heterocycles.